The van der Waals surface area contributed by atoms with Crippen LogP contribution in [0.15, 0.2) is 30.5 Å². The van der Waals surface area contributed by atoms with Crippen molar-refractivity contribution in [3.05, 3.63) is 52.5 Å². The fraction of sp³-hybridized carbons (Fsp3) is 0.278. The minimum absolute atomic E-state index is 0.225. The molecule has 4 nitrogen and oxygen atoms in total. The Kier molecular flexibility index (Phi) is 4.57. The van der Waals surface area contributed by atoms with Crippen molar-refractivity contribution in [3.63, 3.8) is 0 Å². The monoisotopic (exact) mass is 342 g/mol. The third kappa shape index (κ3) is 3.43. The summed E-state index contributed by atoms with van der Waals surface area (Å²) >= 11 is 1.66. The number of nitrogens with one attached hydrogen (secondary N) is 1. The smallest absolute Gasteiger partial charge is 0.227 e. The Hall–Kier alpha value is -2.34. The average molecular weight is 342 g/mol. The Morgan fingerprint density at radius 1 is 1.12 bits per heavy atom. The normalized spacial score (nSPS) is 11.1. The summed E-state index contributed by atoms with van der Waals surface area (Å²) in [7, 11) is 0. The summed E-state index contributed by atoms with van der Waals surface area (Å²) in [6.45, 7) is 7.99. The number of rotatable bonds is 4. The topological polar surface area (TPSA) is 50.7 Å². The molecule has 2 aromatic heterocycles. The van der Waals surface area contributed by atoms with Gasteiger partial charge in [0, 0.05) is 17.8 Å². The molecule has 3 aromatic rings. The van der Waals surface area contributed by atoms with E-state index in [1.54, 1.807) is 36.6 Å². The SMILES string of the molecule is Cc1cc(Nc2nccc(-c3sc(C(C)C)nc3C)n2)ccc1F. The molecule has 6 heteroatoms. The first-order valence-corrected chi connectivity index (χ1v) is 8.59. The summed E-state index contributed by atoms with van der Waals surface area (Å²) < 4.78 is 13.4. The van der Waals surface area contributed by atoms with Crippen LogP contribution in [0.4, 0.5) is 16.0 Å². The zero-order chi connectivity index (χ0) is 17.3. The van der Waals surface area contributed by atoms with Crippen molar-refractivity contribution >= 4 is 23.0 Å². The highest BCUT2D eigenvalue weighted by atomic mass is 32.1. The molecule has 0 saturated carbocycles. The molecule has 2 heterocycles. The fourth-order valence-electron chi connectivity index (χ4n) is 2.30. The second-order valence-corrected chi connectivity index (χ2v) is 7.01. The molecule has 1 N–H and O–H groups in total. The molecule has 0 atom stereocenters. The van der Waals surface area contributed by atoms with E-state index in [0.29, 0.717) is 17.4 Å². The highest BCUT2D eigenvalue weighted by Gasteiger charge is 2.14. The van der Waals surface area contributed by atoms with Gasteiger partial charge in [0.1, 0.15) is 5.82 Å². The summed E-state index contributed by atoms with van der Waals surface area (Å²) in [5.74, 6) is 0.651. The van der Waals surface area contributed by atoms with Gasteiger partial charge >= 0.3 is 0 Å². The van der Waals surface area contributed by atoms with Gasteiger partial charge in [-0.25, -0.2) is 19.3 Å². The molecular weight excluding hydrogens is 323 g/mol. The van der Waals surface area contributed by atoms with Crippen LogP contribution in [0.25, 0.3) is 10.6 Å². The quantitative estimate of drug-likeness (QED) is 0.706. The third-order valence-corrected chi connectivity index (χ3v) is 5.09. The average Bonchev–Trinajstić information content (AvgIpc) is 2.93. The Morgan fingerprint density at radius 2 is 1.92 bits per heavy atom. The molecule has 0 aliphatic rings. The van der Waals surface area contributed by atoms with Crippen LogP contribution in [0.2, 0.25) is 0 Å². The van der Waals surface area contributed by atoms with Gasteiger partial charge in [0.15, 0.2) is 0 Å². The number of halogens is 1. The summed E-state index contributed by atoms with van der Waals surface area (Å²) in [4.78, 5) is 14.5. The Bertz CT molecular complexity index is 873. The van der Waals surface area contributed by atoms with E-state index in [1.807, 2.05) is 13.0 Å². The largest absolute Gasteiger partial charge is 0.324 e. The maximum absolute atomic E-state index is 13.4. The van der Waals surface area contributed by atoms with Crippen LogP contribution in [-0.2, 0) is 0 Å². The predicted molar refractivity (Wildman–Crippen MR) is 96.4 cm³/mol. The maximum atomic E-state index is 13.4. The molecule has 0 bridgehead atoms. The summed E-state index contributed by atoms with van der Waals surface area (Å²) in [6, 6.07) is 6.73. The minimum Gasteiger partial charge on any atom is -0.324 e. The van der Waals surface area contributed by atoms with Gasteiger partial charge in [-0.2, -0.15) is 0 Å². The first-order chi connectivity index (χ1) is 11.4. The van der Waals surface area contributed by atoms with Gasteiger partial charge in [0.05, 0.1) is 21.3 Å². The van der Waals surface area contributed by atoms with Crippen LogP contribution in [-0.4, -0.2) is 15.0 Å². The van der Waals surface area contributed by atoms with Crippen molar-refractivity contribution in [1.82, 2.24) is 15.0 Å². The molecule has 124 valence electrons. The van der Waals surface area contributed by atoms with Crippen LogP contribution in [0.3, 0.4) is 0 Å². The van der Waals surface area contributed by atoms with Gasteiger partial charge in [-0.1, -0.05) is 13.8 Å². The molecule has 1 aromatic carbocycles. The zero-order valence-electron chi connectivity index (χ0n) is 14.1. The van der Waals surface area contributed by atoms with E-state index in [1.165, 1.54) is 6.07 Å². The van der Waals surface area contributed by atoms with Crippen molar-refractivity contribution < 1.29 is 4.39 Å². The second kappa shape index (κ2) is 6.65. The van der Waals surface area contributed by atoms with E-state index in [9.17, 15) is 4.39 Å². The van der Waals surface area contributed by atoms with Gasteiger partial charge in [-0.15, -0.1) is 11.3 Å². The maximum Gasteiger partial charge on any atom is 0.227 e. The number of aromatic nitrogens is 3. The summed E-state index contributed by atoms with van der Waals surface area (Å²) in [6.07, 6.45) is 1.72. The van der Waals surface area contributed by atoms with E-state index in [4.69, 9.17) is 0 Å². The van der Waals surface area contributed by atoms with Crippen LogP contribution in [0.1, 0.15) is 36.0 Å². The Morgan fingerprint density at radius 3 is 2.58 bits per heavy atom. The number of aryl methyl sites for hydroxylation is 2. The van der Waals surface area contributed by atoms with Crippen LogP contribution in [0, 0.1) is 19.7 Å². The van der Waals surface area contributed by atoms with Gasteiger partial charge in [-0.3, -0.25) is 0 Å². The summed E-state index contributed by atoms with van der Waals surface area (Å²) in [5.41, 5.74) is 3.16. The molecule has 3 rings (SSSR count). The van der Waals surface area contributed by atoms with Gasteiger partial charge in [0.2, 0.25) is 5.95 Å². The van der Waals surface area contributed by atoms with Crippen molar-refractivity contribution in [2.75, 3.05) is 5.32 Å². The number of benzene rings is 1. The lowest BCUT2D eigenvalue weighted by atomic mass is 10.2. The molecule has 0 aliphatic carbocycles. The van der Waals surface area contributed by atoms with Crippen LogP contribution < -0.4 is 5.32 Å². The number of thiazole rings is 1. The Balaban J connectivity index is 1.90. The molecule has 0 fully saturated rings. The molecule has 0 amide bonds. The van der Waals surface area contributed by atoms with E-state index >= 15 is 0 Å². The van der Waals surface area contributed by atoms with Crippen molar-refractivity contribution in [2.24, 2.45) is 0 Å². The molecule has 0 aliphatic heterocycles. The zero-order valence-corrected chi connectivity index (χ0v) is 14.9. The van der Waals surface area contributed by atoms with Crippen LogP contribution in [0.5, 0.6) is 0 Å². The van der Waals surface area contributed by atoms with Crippen LogP contribution >= 0.6 is 11.3 Å². The highest BCUT2D eigenvalue weighted by molar-refractivity contribution is 7.15. The fourth-order valence-corrected chi connectivity index (χ4v) is 3.34. The molecular formula is C18H19FN4S. The number of hydrogen-bond donors (Lipinski definition) is 1. The lowest BCUT2D eigenvalue weighted by molar-refractivity contribution is 0.619. The highest BCUT2D eigenvalue weighted by Crippen LogP contribution is 2.32. The minimum atomic E-state index is -0.225. The first kappa shape index (κ1) is 16.5. The van der Waals surface area contributed by atoms with Crippen molar-refractivity contribution in [1.29, 1.82) is 0 Å². The number of nitrogens with zero attached hydrogens (tertiary/aromatic N) is 3. The Labute approximate surface area is 144 Å². The van der Waals surface area contributed by atoms with Crippen molar-refractivity contribution in [3.8, 4) is 10.6 Å². The van der Waals surface area contributed by atoms with E-state index in [-0.39, 0.29) is 5.82 Å². The summed E-state index contributed by atoms with van der Waals surface area (Å²) in [5, 5.41) is 4.23. The van der Waals surface area contributed by atoms with E-state index < -0.39 is 0 Å². The van der Waals surface area contributed by atoms with Gasteiger partial charge < -0.3 is 5.32 Å². The molecule has 0 spiro atoms. The molecule has 0 saturated heterocycles. The molecule has 0 radical (unpaired) electrons. The first-order valence-electron chi connectivity index (χ1n) is 7.78. The predicted octanol–water partition coefficient (Wildman–Crippen LogP) is 5.22. The van der Waals surface area contributed by atoms with E-state index in [0.717, 1.165) is 27.0 Å². The third-order valence-electron chi connectivity index (χ3n) is 3.61. The molecule has 24 heavy (non-hydrogen) atoms. The lowest BCUT2D eigenvalue weighted by Crippen LogP contribution is -1.98. The lowest BCUT2D eigenvalue weighted by Gasteiger charge is -2.07. The van der Waals surface area contributed by atoms with Crippen molar-refractivity contribution in [2.45, 2.75) is 33.6 Å². The number of anilines is 2. The number of hydrogen-bond acceptors (Lipinski definition) is 5. The van der Waals surface area contributed by atoms with Gasteiger partial charge in [0.25, 0.3) is 0 Å². The molecule has 0 unspecified atom stereocenters. The van der Waals surface area contributed by atoms with E-state index in [2.05, 4.69) is 34.1 Å². The second-order valence-electron chi connectivity index (χ2n) is 5.98. The van der Waals surface area contributed by atoms with Gasteiger partial charge in [-0.05, 0) is 43.7 Å². The standard InChI is InChI=1S/C18H19FN4S/c1-10(2)17-21-12(4)16(24-17)15-7-8-20-18(23-15)22-13-5-6-14(19)11(3)9-13/h5-10H,1-4H3,(H,20,22,23).